The molecule has 0 radical (unpaired) electrons. The fourth-order valence-corrected chi connectivity index (χ4v) is 3.66. The third kappa shape index (κ3) is 2.86. The van der Waals surface area contributed by atoms with Crippen LogP contribution in [0.15, 0.2) is 24.3 Å². The smallest absolute Gasteiger partial charge is 0.303 e. The van der Waals surface area contributed by atoms with Crippen molar-refractivity contribution in [3.05, 3.63) is 39.9 Å². The average Bonchev–Trinajstić information content (AvgIpc) is 3.18. The number of carbonyl (C=O) groups is 1. The molecule has 1 saturated carbocycles. The zero-order valence-electron chi connectivity index (χ0n) is 10.8. The minimum Gasteiger partial charge on any atom is -0.481 e. The number of aromatic nitrogens is 1. The summed E-state index contributed by atoms with van der Waals surface area (Å²) in [6, 6.07) is 7.65. The number of benzene rings is 1. The van der Waals surface area contributed by atoms with E-state index in [2.05, 4.69) is 0 Å². The average molecular weight is 308 g/mol. The Morgan fingerprint density at radius 1 is 1.40 bits per heavy atom. The van der Waals surface area contributed by atoms with Crippen LogP contribution in [0.25, 0.3) is 10.6 Å². The first-order valence-electron chi connectivity index (χ1n) is 6.61. The van der Waals surface area contributed by atoms with Crippen molar-refractivity contribution in [1.29, 1.82) is 0 Å². The first kappa shape index (κ1) is 13.6. The Balaban J connectivity index is 1.94. The highest BCUT2D eigenvalue weighted by molar-refractivity contribution is 7.15. The normalized spacial score (nSPS) is 14.4. The molecule has 0 atom stereocenters. The summed E-state index contributed by atoms with van der Waals surface area (Å²) in [7, 11) is 0. The number of carboxylic acids is 1. The van der Waals surface area contributed by atoms with Gasteiger partial charge in [-0.3, -0.25) is 4.79 Å². The highest BCUT2D eigenvalue weighted by Crippen LogP contribution is 2.45. The molecule has 1 heterocycles. The summed E-state index contributed by atoms with van der Waals surface area (Å²) < 4.78 is 0. The summed E-state index contributed by atoms with van der Waals surface area (Å²) in [5, 5.41) is 10.4. The van der Waals surface area contributed by atoms with E-state index < -0.39 is 5.97 Å². The molecule has 1 aromatic heterocycles. The number of carboxylic acid groups (broad SMARTS) is 1. The van der Waals surface area contributed by atoms with E-state index in [0.717, 1.165) is 34.0 Å². The summed E-state index contributed by atoms with van der Waals surface area (Å²) in [6.45, 7) is 0. The fourth-order valence-electron chi connectivity index (χ4n) is 2.19. The molecule has 0 spiro atoms. The Bertz CT molecular complexity index is 649. The van der Waals surface area contributed by atoms with Crippen LogP contribution < -0.4 is 0 Å². The second kappa shape index (κ2) is 5.54. The van der Waals surface area contributed by atoms with Gasteiger partial charge in [0.15, 0.2) is 0 Å². The lowest BCUT2D eigenvalue weighted by Gasteiger charge is -1.98. The minimum atomic E-state index is -0.764. The van der Waals surface area contributed by atoms with Crippen LogP contribution in [0.2, 0.25) is 5.02 Å². The Morgan fingerprint density at radius 2 is 2.15 bits per heavy atom. The summed E-state index contributed by atoms with van der Waals surface area (Å²) >= 11 is 7.79. The molecule has 1 aliphatic rings. The van der Waals surface area contributed by atoms with Crippen molar-refractivity contribution in [2.45, 2.75) is 31.6 Å². The van der Waals surface area contributed by atoms with E-state index in [1.54, 1.807) is 11.3 Å². The van der Waals surface area contributed by atoms with Gasteiger partial charge in [-0.25, -0.2) is 4.98 Å². The van der Waals surface area contributed by atoms with Gasteiger partial charge >= 0.3 is 5.97 Å². The van der Waals surface area contributed by atoms with Gasteiger partial charge in [0.05, 0.1) is 17.1 Å². The minimum absolute atomic E-state index is 0.157. The van der Waals surface area contributed by atoms with Crippen LogP contribution in [-0.2, 0) is 11.2 Å². The summed E-state index contributed by atoms with van der Waals surface area (Å²) in [6.07, 6.45) is 3.03. The molecular formula is C15H14ClNO2S. The van der Waals surface area contributed by atoms with E-state index in [1.165, 1.54) is 0 Å². The lowest BCUT2D eigenvalue weighted by molar-refractivity contribution is -0.136. The molecule has 3 nitrogen and oxygen atoms in total. The third-order valence-electron chi connectivity index (χ3n) is 3.36. The molecule has 2 aromatic rings. The van der Waals surface area contributed by atoms with Gasteiger partial charge in [0.1, 0.15) is 5.01 Å². The Hall–Kier alpha value is -1.39. The molecule has 0 bridgehead atoms. The van der Waals surface area contributed by atoms with Crippen LogP contribution >= 0.6 is 22.9 Å². The quantitative estimate of drug-likeness (QED) is 0.893. The van der Waals surface area contributed by atoms with Gasteiger partial charge in [-0.2, -0.15) is 0 Å². The number of halogens is 1. The van der Waals surface area contributed by atoms with Crippen molar-refractivity contribution < 1.29 is 9.90 Å². The summed E-state index contributed by atoms with van der Waals surface area (Å²) in [4.78, 5) is 16.6. The van der Waals surface area contributed by atoms with Crippen molar-refractivity contribution in [3.63, 3.8) is 0 Å². The molecule has 1 N–H and O–H groups in total. The highest BCUT2D eigenvalue weighted by atomic mass is 35.5. The van der Waals surface area contributed by atoms with Crippen LogP contribution in [0, 0.1) is 0 Å². The largest absolute Gasteiger partial charge is 0.481 e. The molecule has 5 heteroatoms. The second-order valence-corrected chi connectivity index (χ2v) is 6.47. The third-order valence-corrected chi connectivity index (χ3v) is 4.86. The molecule has 0 saturated heterocycles. The maximum atomic E-state index is 10.8. The van der Waals surface area contributed by atoms with Crippen LogP contribution in [0.4, 0.5) is 0 Å². The standard InChI is InChI=1S/C15H14ClNO2S/c16-11-4-2-1-3-10(11)15-17-14(9-5-6-9)12(20-15)7-8-13(18)19/h1-4,9H,5-8H2,(H,18,19). The van der Waals surface area contributed by atoms with Crippen molar-refractivity contribution in [2.75, 3.05) is 0 Å². The van der Waals surface area contributed by atoms with Crippen molar-refractivity contribution in [2.24, 2.45) is 0 Å². The van der Waals surface area contributed by atoms with Gasteiger partial charge in [-0.05, 0) is 25.3 Å². The van der Waals surface area contributed by atoms with Crippen LogP contribution in [0.3, 0.4) is 0 Å². The topological polar surface area (TPSA) is 50.2 Å². The molecular weight excluding hydrogens is 294 g/mol. The number of nitrogens with zero attached hydrogens (tertiary/aromatic N) is 1. The Labute approximate surface area is 126 Å². The number of aliphatic carboxylic acids is 1. The molecule has 0 unspecified atom stereocenters. The maximum absolute atomic E-state index is 10.8. The van der Waals surface area contributed by atoms with E-state index in [0.29, 0.717) is 17.4 Å². The van der Waals surface area contributed by atoms with Gasteiger partial charge in [0.2, 0.25) is 0 Å². The van der Waals surface area contributed by atoms with Crippen molar-refractivity contribution in [1.82, 2.24) is 4.98 Å². The first-order valence-corrected chi connectivity index (χ1v) is 7.81. The number of rotatable bonds is 5. The monoisotopic (exact) mass is 307 g/mol. The van der Waals surface area contributed by atoms with Gasteiger partial charge in [0.25, 0.3) is 0 Å². The number of hydrogen-bond donors (Lipinski definition) is 1. The predicted molar refractivity (Wildman–Crippen MR) is 80.5 cm³/mol. The molecule has 3 rings (SSSR count). The van der Waals surface area contributed by atoms with Gasteiger partial charge in [-0.1, -0.05) is 29.8 Å². The molecule has 1 aromatic carbocycles. The van der Waals surface area contributed by atoms with E-state index >= 15 is 0 Å². The van der Waals surface area contributed by atoms with Gasteiger partial charge in [-0.15, -0.1) is 11.3 Å². The number of aryl methyl sites for hydroxylation is 1. The van der Waals surface area contributed by atoms with Gasteiger partial charge in [0, 0.05) is 16.4 Å². The van der Waals surface area contributed by atoms with E-state index in [1.807, 2.05) is 24.3 Å². The zero-order chi connectivity index (χ0) is 14.1. The predicted octanol–water partition coefficient (Wildman–Crippen LogP) is 4.36. The lowest BCUT2D eigenvalue weighted by atomic mass is 10.2. The SMILES string of the molecule is O=C(O)CCc1sc(-c2ccccc2Cl)nc1C1CC1. The van der Waals surface area contributed by atoms with Crippen LogP contribution in [-0.4, -0.2) is 16.1 Å². The van der Waals surface area contributed by atoms with E-state index in [9.17, 15) is 4.79 Å². The van der Waals surface area contributed by atoms with Crippen LogP contribution in [0.5, 0.6) is 0 Å². The van der Waals surface area contributed by atoms with Crippen molar-refractivity contribution in [3.8, 4) is 10.6 Å². The second-order valence-electron chi connectivity index (χ2n) is 4.98. The summed E-state index contributed by atoms with van der Waals surface area (Å²) in [5.74, 6) is -0.245. The molecule has 20 heavy (non-hydrogen) atoms. The zero-order valence-corrected chi connectivity index (χ0v) is 12.4. The highest BCUT2D eigenvalue weighted by Gasteiger charge is 2.30. The van der Waals surface area contributed by atoms with Crippen LogP contribution in [0.1, 0.15) is 35.8 Å². The van der Waals surface area contributed by atoms with Gasteiger partial charge < -0.3 is 5.11 Å². The lowest BCUT2D eigenvalue weighted by Crippen LogP contribution is -1.98. The Morgan fingerprint density at radius 3 is 2.80 bits per heavy atom. The number of thiazole rings is 1. The number of hydrogen-bond acceptors (Lipinski definition) is 3. The van der Waals surface area contributed by atoms with E-state index in [-0.39, 0.29) is 6.42 Å². The van der Waals surface area contributed by atoms with Crippen molar-refractivity contribution >= 4 is 28.9 Å². The molecule has 1 aliphatic carbocycles. The summed E-state index contributed by atoms with van der Waals surface area (Å²) in [5.41, 5.74) is 2.02. The van der Waals surface area contributed by atoms with E-state index in [4.69, 9.17) is 21.7 Å². The Kier molecular flexibility index (Phi) is 3.76. The molecule has 104 valence electrons. The maximum Gasteiger partial charge on any atom is 0.303 e. The molecule has 1 fully saturated rings. The molecule has 0 aliphatic heterocycles. The molecule has 0 amide bonds. The fraction of sp³-hybridized carbons (Fsp3) is 0.333. The first-order chi connectivity index (χ1) is 9.65.